The first-order chi connectivity index (χ1) is 13.0. The molecule has 2 aromatic rings. The first-order valence-corrected chi connectivity index (χ1v) is 8.93. The lowest BCUT2D eigenvalue weighted by molar-refractivity contribution is -0.118. The average molecular weight is 370 g/mol. The van der Waals surface area contributed by atoms with Crippen molar-refractivity contribution in [3.8, 4) is 11.5 Å². The Morgan fingerprint density at radius 1 is 1.04 bits per heavy atom. The number of para-hydroxylation sites is 1. The number of hydrogen-bond donors (Lipinski definition) is 2. The van der Waals surface area contributed by atoms with E-state index in [1.165, 1.54) is 7.11 Å². The van der Waals surface area contributed by atoms with E-state index in [1.54, 1.807) is 48.5 Å². The fourth-order valence-electron chi connectivity index (χ4n) is 2.61. The summed E-state index contributed by atoms with van der Waals surface area (Å²) in [6.45, 7) is 6.25. The minimum atomic E-state index is -0.686. The van der Waals surface area contributed by atoms with Gasteiger partial charge in [-0.25, -0.2) is 0 Å². The number of anilines is 1. The van der Waals surface area contributed by atoms with Crippen LogP contribution in [0.15, 0.2) is 48.5 Å². The molecule has 2 aromatic carbocycles. The highest BCUT2D eigenvalue weighted by Gasteiger charge is 2.25. The van der Waals surface area contributed by atoms with Crippen LogP contribution in [-0.2, 0) is 4.79 Å². The molecule has 2 N–H and O–H groups in total. The normalized spacial score (nSPS) is 11.6. The van der Waals surface area contributed by atoms with Crippen LogP contribution in [-0.4, -0.2) is 31.6 Å². The molecule has 0 aliphatic carbocycles. The van der Waals surface area contributed by atoms with Crippen molar-refractivity contribution in [2.75, 3.05) is 19.0 Å². The molecule has 0 saturated heterocycles. The second-order valence-corrected chi connectivity index (χ2v) is 6.34. The van der Waals surface area contributed by atoms with Crippen molar-refractivity contribution in [1.82, 2.24) is 5.32 Å². The van der Waals surface area contributed by atoms with Crippen LogP contribution in [0.3, 0.4) is 0 Å². The molecular weight excluding hydrogens is 344 g/mol. The van der Waals surface area contributed by atoms with Crippen molar-refractivity contribution in [2.24, 2.45) is 5.92 Å². The molecule has 0 heterocycles. The number of rotatable bonds is 8. The molecule has 2 rings (SSSR count). The van der Waals surface area contributed by atoms with E-state index >= 15 is 0 Å². The number of hydrogen-bond acceptors (Lipinski definition) is 4. The SMILES string of the molecule is CCOc1ccc(NC(=O)[C@@H](NC(=O)c2ccccc2OC)C(C)C)cc1. The molecule has 6 heteroatoms. The zero-order chi connectivity index (χ0) is 19.8. The lowest BCUT2D eigenvalue weighted by Crippen LogP contribution is -2.47. The predicted molar refractivity (Wildman–Crippen MR) is 105 cm³/mol. The van der Waals surface area contributed by atoms with E-state index in [0.717, 1.165) is 5.75 Å². The Morgan fingerprint density at radius 2 is 1.70 bits per heavy atom. The largest absolute Gasteiger partial charge is 0.496 e. The molecule has 2 amide bonds. The molecular formula is C21H26N2O4. The summed E-state index contributed by atoms with van der Waals surface area (Å²) in [5.41, 5.74) is 1.03. The molecule has 0 spiro atoms. The summed E-state index contributed by atoms with van der Waals surface area (Å²) in [4.78, 5) is 25.3. The quantitative estimate of drug-likeness (QED) is 0.746. The van der Waals surface area contributed by atoms with Gasteiger partial charge in [0.2, 0.25) is 5.91 Å². The van der Waals surface area contributed by atoms with Crippen molar-refractivity contribution in [3.63, 3.8) is 0 Å². The Bertz CT molecular complexity index is 772. The molecule has 0 unspecified atom stereocenters. The van der Waals surface area contributed by atoms with Crippen molar-refractivity contribution >= 4 is 17.5 Å². The molecule has 0 radical (unpaired) electrons. The molecule has 27 heavy (non-hydrogen) atoms. The topological polar surface area (TPSA) is 76.7 Å². The molecule has 0 fully saturated rings. The molecule has 0 aromatic heterocycles. The highest BCUT2D eigenvalue weighted by atomic mass is 16.5. The van der Waals surface area contributed by atoms with Gasteiger partial charge in [0.25, 0.3) is 5.91 Å². The van der Waals surface area contributed by atoms with E-state index in [-0.39, 0.29) is 17.7 Å². The maximum atomic E-state index is 12.7. The molecule has 0 aliphatic rings. The summed E-state index contributed by atoms with van der Waals surface area (Å²) in [7, 11) is 1.50. The lowest BCUT2D eigenvalue weighted by atomic mass is 10.0. The summed E-state index contributed by atoms with van der Waals surface area (Å²) >= 11 is 0. The zero-order valence-electron chi connectivity index (χ0n) is 16.1. The van der Waals surface area contributed by atoms with E-state index in [2.05, 4.69) is 10.6 Å². The van der Waals surface area contributed by atoms with Crippen LogP contribution >= 0.6 is 0 Å². The number of ether oxygens (including phenoxy) is 2. The molecule has 6 nitrogen and oxygen atoms in total. The fourth-order valence-corrected chi connectivity index (χ4v) is 2.61. The van der Waals surface area contributed by atoms with Gasteiger partial charge in [-0.3, -0.25) is 9.59 Å². The van der Waals surface area contributed by atoms with Crippen LogP contribution in [0, 0.1) is 5.92 Å². The Balaban J connectivity index is 2.09. The number of carbonyl (C=O) groups excluding carboxylic acids is 2. The summed E-state index contributed by atoms with van der Waals surface area (Å²) < 4.78 is 10.6. The van der Waals surface area contributed by atoms with Crippen LogP contribution in [0.25, 0.3) is 0 Å². The van der Waals surface area contributed by atoms with E-state index in [1.807, 2.05) is 20.8 Å². The molecule has 1 atom stereocenters. The third kappa shape index (κ3) is 5.48. The van der Waals surface area contributed by atoms with Gasteiger partial charge in [-0.2, -0.15) is 0 Å². The van der Waals surface area contributed by atoms with Gasteiger partial charge in [0.1, 0.15) is 17.5 Å². The van der Waals surface area contributed by atoms with Gasteiger partial charge in [0.05, 0.1) is 19.3 Å². The standard InChI is InChI=1S/C21H26N2O4/c1-5-27-16-12-10-15(11-13-16)22-21(25)19(14(2)3)23-20(24)17-8-6-7-9-18(17)26-4/h6-14,19H,5H2,1-4H3,(H,22,25)(H,23,24)/t19-/m0/s1. The maximum Gasteiger partial charge on any atom is 0.255 e. The summed E-state index contributed by atoms with van der Waals surface area (Å²) in [5.74, 6) is 0.474. The first-order valence-electron chi connectivity index (χ1n) is 8.93. The highest BCUT2D eigenvalue weighted by molar-refractivity contribution is 6.02. The Hall–Kier alpha value is -3.02. The highest BCUT2D eigenvalue weighted by Crippen LogP contribution is 2.19. The van der Waals surface area contributed by atoms with Crippen molar-refractivity contribution < 1.29 is 19.1 Å². The Morgan fingerprint density at radius 3 is 2.30 bits per heavy atom. The fraction of sp³-hybridized carbons (Fsp3) is 0.333. The van der Waals surface area contributed by atoms with Crippen LogP contribution in [0.4, 0.5) is 5.69 Å². The molecule has 0 bridgehead atoms. The number of nitrogens with one attached hydrogen (secondary N) is 2. The van der Waals surface area contributed by atoms with Gasteiger partial charge < -0.3 is 20.1 Å². The minimum absolute atomic E-state index is 0.0913. The molecule has 0 saturated carbocycles. The number of methoxy groups -OCH3 is 1. The Labute approximate surface area is 159 Å². The van der Waals surface area contributed by atoms with Gasteiger partial charge in [-0.1, -0.05) is 26.0 Å². The van der Waals surface area contributed by atoms with E-state index in [4.69, 9.17) is 9.47 Å². The van der Waals surface area contributed by atoms with Gasteiger partial charge >= 0.3 is 0 Å². The summed E-state index contributed by atoms with van der Waals surface area (Å²) in [5, 5.41) is 5.64. The van der Waals surface area contributed by atoms with Crippen LogP contribution in [0.5, 0.6) is 11.5 Å². The number of benzene rings is 2. The Kier molecular flexibility index (Phi) is 7.23. The first kappa shape index (κ1) is 20.3. The van der Waals surface area contributed by atoms with Crippen molar-refractivity contribution in [2.45, 2.75) is 26.8 Å². The molecule has 0 aliphatic heterocycles. The van der Waals surface area contributed by atoms with E-state index in [9.17, 15) is 9.59 Å². The van der Waals surface area contributed by atoms with Gasteiger partial charge in [0.15, 0.2) is 0 Å². The average Bonchev–Trinajstić information content (AvgIpc) is 2.67. The molecule has 144 valence electrons. The predicted octanol–water partition coefficient (Wildman–Crippen LogP) is 3.49. The number of amides is 2. The summed E-state index contributed by atoms with van der Waals surface area (Å²) in [6.07, 6.45) is 0. The monoisotopic (exact) mass is 370 g/mol. The lowest BCUT2D eigenvalue weighted by Gasteiger charge is -2.22. The minimum Gasteiger partial charge on any atom is -0.496 e. The summed E-state index contributed by atoms with van der Waals surface area (Å²) in [6, 6.07) is 13.3. The van der Waals surface area contributed by atoms with Crippen LogP contribution in [0.2, 0.25) is 0 Å². The van der Waals surface area contributed by atoms with Crippen molar-refractivity contribution in [1.29, 1.82) is 0 Å². The van der Waals surface area contributed by atoms with E-state index < -0.39 is 6.04 Å². The number of carbonyl (C=O) groups is 2. The maximum absolute atomic E-state index is 12.7. The van der Waals surface area contributed by atoms with E-state index in [0.29, 0.717) is 23.6 Å². The van der Waals surface area contributed by atoms with Crippen LogP contribution < -0.4 is 20.1 Å². The van der Waals surface area contributed by atoms with Crippen LogP contribution in [0.1, 0.15) is 31.1 Å². The zero-order valence-corrected chi connectivity index (χ0v) is 16.1. The second kappa shape index (κ2) is 9.62. The van der Waals surface area contributed by atoms with Gasteiger partial charge in [-0.05, 0) is 49.2 Å². The van der Waals surface area contributed by atoms with Crippen molar-refractivity contribution in [3.05, 3.63) is 54.1 Å². The smallest absolute Gasteiger partial charge is 0.255 e. The van der Waals surface area contributed by atoms with Gasteiger partial charge in [0, 0.05) is 5.69 Å². The third-order valence-electron chi connectivity index (χ3n) is 4.02. The second-order valence-electron chi connectivity index (χ2n) is 6.34. The third-order valence-corrected chi connectivity index (χ3v) is 4.02. The van der Waals surface area contributed by atoms with Gasteiger partial charge in [-0.15, -0.1) is 0 Å².